The maximum absolute atomic E-state index is 9.66. The van der Waals surface area contributed by atoms with Crippen molar-refractivity contribution in [1.82, 2.24) is 9.55 Å². The fourth-order valence-electron chi connectivity index (χ4n) is 10.4. The number of nitrogens with zero attached hydrogens (tertiary/aromatic N) is 4. The number of rotatable bonds is 9. The molecule has 0 aliphatic carbocycles. The molecule has 1 aliphatic heterocycles. The predicted octanol–water partition coefficient (Wildman–Crippen LogP) is 18.8. The molecule has 0 unspecified atom stereocenters. The summed E-state index contributed by atoms with van der Waals surface area (Å²) in [4.78, 5) is 9.57. The summed E-state index contributed by atoms with van der Waals surface area (Å²) in [5.74, 6) is 1.20. The van der Waals surface area contributed by atoms with Crippen molar-refractivity contribution in [3.8, 4) is 61.8 Å². The van der Waals surface area contributed by atoms with Crippen LogP contribution in [0.4, 0.5) is 22.7 Å². The summed E-state index contributed by atoms with van der Waals surface area (Å²) in [5.41, 5.74) is 15.1. The minimum atomic E-state index is -2.72. The maximum atomic E-state index is 9.66. The minimum absolute atomic E-state index is 0.0493. The quantitative estimate of drug-likeness (QED) is 0.144. The Morgan fingerprint density at radius 1 is 0.473 bits per heavy atom. The fraction of sp³-hybridized carbons (Fsp3) is 0.145. The fourth-order valence-corrected chi connectivity index (χ4v) is 10.4. The molecule has 0 radical (unpaired) electrons. The van der Waals surface area contributed by atoms with Crippen molar-refractivity contribution in [3.63, 3.8) is 0 Å². The van der Waals surface area contributed by atoms with Crippen LogP contribution in [0.3, 0.4) is 0 Å². The maximum Gasteiger partial charge on any atom is 0.137 e. The molecule has 0 N–H and O–H groups in total. The molecule has 11 aromatic rings. The van der Waals surface area contributed by atoms with Gasteiger partial charge in [-0.2, -0.15) is 0 Å². The molecule has 0 atom stereocenters. The topological polar surface area (TPSA) is 33.5 Å². The van der Waals surface area contributed by atoms with Gasteiger partial charge in [0.05, 0.1) is 30.8 Å². The number of para-hydroxylation sites is 3. The summed E-state index contributed by atoms with van der Waals surface area (Å²) in [6.07, 6.45) is -0.227. The molecule has 0 bridgehead atoms. The molecule has 5 nitrogen and oxygen atoms in total. The van der Waals surface area contributed by atoms with Crippen LogP contribution in [0.15, 0.2) is 225 Å². The van der Waals surface area contributed by atoms with Crippen molar-refractivity contribution in [3.05, 3.63) is 241 Å². The van der Waals surface area contributed by atoms with E-state index in [1.54, 1.807) is 24.3 Å². The molecule has 3 heterocycles. The zero-order valence-corrected chi connectivity index (χ0v) is 42.6. The zero-order valence-electron chi connectivity index (χ0n) is 47.6. The third kappa shape index (κ3) is 8.58. The van der Waals surface area contributed by atoms with Crippen molar-refractivity contribution in [2.75, 3.05) is 16.5 Å². The number of ether oxygens (including phenoxy) is 1. The second-order valence-electron chi connectivity index (χ2n) is 21.4. The van der Waals surface area contributed by atoms with Crippen molar-refractivity contribution in [2.45, 2.75) is 59.2 Å². The van der Waals surface area contributed by atoms with E-state index in [9.17, 15) is 2.74 Å². The summed E-state index contributed by atoms with van der Waals surface area (Å²) in [6, 6.07) is 72.0. The second kappa shape index (κ2) is 18.4. The standard InChI is InChI=1S/C69H60N4O/c1-46-37-66(70-44-61(46)49-25-15-10-16-26-49)73-62-36-33-50(47-21-11-8-12-22-47)40-60(62)59-35-34-56(43-65(59)73)74-55-28-19-27-54(42-55)71-45-72(64-32-18-17-31-63(64)71)67-57(48-23-13-9-14-24-48)29-20-30-58(67)51-38-52(68(2,3)4)41-53(39-51)69(5,6)7/h8-44H,45H2,1-7H3/i1D3,37D,44D. The van der Waals surface area contributed by atoms with Gasteiger partial charge in [0.25, 0.3) is 0 Å². The first-order valence-electron chi connectivity index (χ1n) is 27.9. The van der Waals surface area contributed by atoms with Gasteiger partial charge in [-0.05, 0) is 117 Å². The largest absolute Gasteiger partial charge is 0.457 e. The number of hydrogen-bond acceptors (Lipinski definition) is 4. The van der Waals surface area contributed by atoms with Crippen LogP contribution < -0.4 is 14.5 Å². The van der Waals surface area contributed by atoms with Gasteiger partial charge >= 0.3 is 0 Å². The summed E-state index contributed by atoms with van der Waals surface area (Å²) >= 11 is 0. The Bertz CT molecular complexity index is 4090. The summed E-state index contributed by atoms with van der Waals surface area (Å²) < 4.78 is 53.8. The molecule has 0 amide bonds. The molecular weight excluding hydrogens is 901 g/mol. The van der Waals surface area contributed by atoms with Gasteiger partial charge in [0.2, 0.25) is 0 Å². The molecular formula is C69H60N4O. The van der Waals surface area contributed by atoms with Gasteiger partial charge in [-0.25, -0.2) is 4.98 Å². The predicted molar refractivity (Wildman–Crippen MR) is 311 cm³/mol. The highest BCUT2D eigenvalue weighted by molar-refractivity contribution is 6.11. The molecule has 0 spiro atoms. The average molecular weight is 966 g/mol. The normalized spacial score (nSPS) is 13.8. The lowest BCUT2D eigenvalue weighted by Gasteiger charge is -2.29. The van der Waals surface area contributed by atoms with Gasteiger partial charge in [0.1, 0.15) is 24.0 Å². The van der Waals surface area contributed by atoms with Crippen LogP contribution in [-0.2, 0) is 10.8 Å². The first-order valence-corrected chi connectivity index (χ1v) is 25.4. The lowest BCUT2D eigenvalue weighted by Crippen LogP contribution is -2.25. The van der Waals surface area contributed by atoms with Crippen LogP contribution in [0.2, 0.25) is 0 Å². The molecule has 74 heavy (non-hydrogen) atoms. The van der Waals surface area contributed by atoms with Gasteiger partial charge in [-0.15, -0.1) is 0 Å². The van der Waals surface area contributed by atoms with Gasteiger partial charge in [0, 0.05) is 55.6 Å². The van der Waals surface area contributed by atoms with Gasteiger partial charge in [-0.3, -0.25) is 4.57 Å². The molecule has 9 aromatic carbocycles. The lowest BCUT2D eigenvalue weighted by atomic mass is 9.78. The Morgan fingerprint density at radius 3 is 1.73 bits per heavy atom. The molecule has 0 saturated carbocycles. The highest BCUT2D eigenvalue weighted by atomic mass is 16.5. The number of benzene rings is 9. The first kappa shape index (κ1) is 40.9. The van der Waals surface area contributed by atoms with Crippen molar-refractivity contribution < 1.29 is 11.6 Å². The SMILES string of the molecule is [2H]c1nc(-n2c3ccc(-c4ccccc4)cc3c3ccc(Oc4cccc(N5CN(c6c(-c7ccccc7)cccc6-c6cc(C(C)(C)C)cc(C(C)(C)C)c6)c6ccccc65)c4)cc32)c([2H])c(C([2H])([2H])[2H])c1-c1ccccc1. The first-order chi connectivity index (χ1) is 37.9. The van der Waals surface area contributed by atoms with Crippen LogP contribution in [-0.4, -0.2) is 16.2 Å². The average Bonchev–Trinajstić information content (AvgIpc) is 4.20. The molecule has 362 valence electrons. The molecule has 0 saturated heterocycles. The summed E-state index contributed by atoms with van der Waals surface area (Å²) in [5, 5.41) is 1.74. The summed E-state index contributed by atoms with van der Waals surface area (Å²) in [7, 11) is 0. The third-order valence-electron chi connectivity index (χ3n) is 14.4. The van der Waals surface area contributed by atoms with Crippen molar-refractivity contribution >= 4 is 44.6 Å². The third-order valence-corrected chi connectivity index (χ3v) is 14.4. The van der Waals surface area contributed by atoms with Crippen LogP contribution in [0.5, 0.6) is 11.5 Å². The van der Waals surface area contributed by atoms with Crippen LogP contribution in [0, 0.1) is 6.85 Å². The van der Waals surface area contributed by atoms with E-state index in [2.05, 4.69) is 173 Å². The number of aromatic nitrogens is 2. The van der Waals surface area contributed by atoms with E-state index in [4.69, 9.17) is 13.8 Å². The highest BCUT2D eigenvalue weighted by Crippen LogP contribution is 2.51. The van der Waals surface area contributed by atoms with E-state index in [1.165, 1.54) is 16.7 Å². The van der Waals surface area contributed by atoms with E-state index < -0.39 is 6.85 Å². The van der Waals surface area contributed by atoms with Crippen molar-refractivity contribution in [2.24, 2.45) is 0 Å². The minimum Gasteiger partial charge on any atom is -0.457 e. The lowest BCUT2D eigenvalue weighted by molar-refractivity contribution is 0.483. The van der Waals surface area contributed by atoms with Crippen LogP contribution in [0.1, 0.15) is 65.1 Å². The van der Waals surface area contributed by atoms with E-state index in [1.807, 2.05) is 71.3 Å². The van der Waals surface area contributed by atoms with Gasteiger partial charge in [0.15, 0.2) is 0 Å². The van der Waals surface area contributed by atoms with Crippen LogP contribution in [0.25, 0.3) is 72.1 Å². The molecule has 5 heteroatoms. The van der Waals surface area contributed by atoms with Gasteiger partial charge in [-0.1, -0.05) is 193 Å². The summed E-state index contributed by atoms with van der Waals surface area (Å²) in [6.45, 7) is 11.5. The smallest absolute Gasteiger partial charge is 0.137 e. The van der Waals surface area contributed by atoms with Gasteiger partial charge < -0.3 is 14.5 Å². The Labute approximate surface area is 442 Å². The Balaban J connectivity index is 0.967. The van der Waals surface area contributed by atoms with Crippen molar-refractivity contribution in [1.29, 1.82) is 0 Å². The molecule has 1 aliphatic rings. The number of anilines is 4. The highest BCUT2D eigenvalue weighted by Gasteiger charge is 2.32. The Kier molecular flexibility index (Phi) is 10.2. The van der Waals surface area contributed by atoms with E-state index in [0.29, 0.717) is 34.8 Å². The van der Waals surface area contributed by atoms with E-state index in [-0.39, 0.29) is 40.0 Å². The Hall–Kier alpha value is -8.67. The molecule has 0 fully saturated rings. The number of hydrogen-bond donors (Lipinski definition) is 0. The van der Waals surface area contributed by atoms with E-state index in [0.717, 1.165) is 61.3 Å². The zero-order chi connectivity index (χ0) is 55.0. The van der Waals surface area contributed by atoms with Crippen LogP contribution >= 0.6 is 0 Å². The molecule has 2 aromatic heterocycles. The van der Waals surface area contributed by atoms with E-state index >= 15 is 0 Å². The molecule has 12 rings (SSSR count). The number of pyridine rings is 1. The number of fused-ring (bicyclic) bond motifs is 4. The Morgan fingerprint density at radius 2 is 1.07 bits per heavy atom. The monoisotopic (exact) mass is 966 g/mol. The second-order valence-corrected chi connectivity index (χ2v) is 21.4.